The van der Waals surface area contributed by atoms with Gasteiger partial charge in [-0.2, -0.15) is 0 Å². The predicted octanol–water partition coefficient (Wildman–Crippen LogP) is 3.30. The molecule has 7 heteroatoms. The van der Waals surface area contributed by atoms with Gasteiger partial charge in [0, 0.05) is 12.6 Å². The van der Waals surface area contributed by atoms with Crippen LogP contribution in [0.5, 0.6) is 0 Å². The zero-order valence-electron chi connectivity index (χ0n) is 11.9. The fourth-order valence-corrected chi connectivity index (χ4v) is 3.49. The number of halogens is 2. The lowest BCUT2D eigenvalue weighted by molar-refractivity contribution is -0.116. The quantitative estimate of drug-likeness (QED) is 0.866. The number of rotatable bonds is 4. The second kappa shape index (κ2) is 6.08. The molecule has 0 aliphatic carbocycles. The summed E-state index contributed by atoms with van der Waals surface area (Å²) in [6, 6.07) is 5.40. The van der Waals surface area contributed by atoms with Crippen molar-refractivity contribution in [2.24, 2.45) is 0 Å². The summed E-state index contributed by atoms with van der Waals surface area (Å²) >= 11 is 1.40. The first-order valence-corrected chi connectivity index (χ1v) is 7.90. The molecule has 0 N–H and O–H groups in total. The number of hydrogen-bond donors (Lipinski definition) is 0. The first-order chi connectivity index (χ1) is 10.6. The molecule has 22 heavy (non-hydrogen) atoms. The first kappa shape index (κ1) is 15.0. The average molecular weight is 324 g/mol. The van der Waals surface area contributed by atoms with Crippen molar-refractivity contribution in [3.63, 3.8) is 0 Å². The molecule has 116 valence electrons. The van der Waals surface area contributed by atoms with Gasteiger partial charge in [-0.3, -0.25) is 4.79 Å². The molecule has 1 atom stereocenters. The van der Waals surface area contributed by atoms with Gasteiger partial charge in [-0.1, -0.05) is 11.2 Å². The highest BCUT2D eigenvalue weighted by molar-refractivity contribution is 7.99. The van der Waals surface area contributed by atoms with E-state index in [2.05, 4.69) is 5.16 Å². The van der Waals surface area contributed by atoms with Crippen molar-refractivity contribution in [1.82, 2.24) is 5.16 Å². The number of nitrogens with zero attached hydrogens (tertiary/aromatic N) is 2. The zero-order valence-corrected chi connectivity index (χ0v) is 12.7. The largest absolute Gasteiger partial charge is 0.360 e. The van der Waals surface area contributed by atoms with Gasteiger partial charge >= 0.3 is 0 Å². The fourth-order valence-electron chi connectivity index (χ4n) is 2.44. The van der Waals surface area contributed by atoms with E-state index in [1.54, 1.807) is 6.07 Å². The van der Waals surface area contributed by atoms with Crippen LogP contribution in [0.2, 0.25) is 0 Å². The summed E-state index contributed by atoms with van der Waals surface area (Å²) < 4.78 is 32.7. The van der Waals surface area contributed by atoms with Crippen molar-refractivity contribution in [2.45, 2.75) is 24.3 Å². The Bertz CT molecular complexity index is 684. The molecule has 1 aromatic heterocycles. The normalized spacial score (nSPS) is 18.2. The summed E-state index contributed by atoms with van der Waals surface area (Å²) in [6.45, 7) is 2.13. The third-order valence-corrected chi connectivity index (χ3v) is 4.76. The second-order valence-electron chi connectivity index (χ2n) is 5.08. The van der Waals surface area contributed by atoms with Crippen molar-refractivity contribution < 1.29 is 18.1 Å². The number of para-hydroxylation sites is 1. The van der Waals surface area contributed by atoms with Crippen LogP contribution in [0, 0.1) is 18.6 Å². The fraction of sp³-hybridized carbons (Fsp3) is 0.333. The van der Waals surface area contributed by atoms with Gasteiger partial charge in [0.25, 0.3) is 0 Å². The molecule has 3 rings (SSSR count). The molecule has 1 fully saturated rings. The van der Waals surface area contributed by atoms with Crippen molar-refractivity contribution >= 4 is 23.4 Å². The van der Waals surface area contributed by atoms with Gasteiger partial charge in [0.05, 0.1) is 16.7 Å². The molecule has 2 aromatic rings. The van der Waals surface area contributed by atoms with E-state index in [1.165, 1.54) is 22.7 Å². The number of anilines is 1. The lowest BCUT2D eigenvalue weighted by Gasteiger charge is -2.18. The van der Waals surface area contributed by atoms with E-state index in [9.17, 15) is 13.6 Å². The number of carbonyl (C=O) groups excluding carboxylic acids is 1. The van der Waals surface area contributed by atoms with Gasteiger partial charge in [0.2, 0.25) is 5.91 Å². The topological polar surface area (TPSA) is 46.3 Å². The summed E-state index contributed by atoms with van der Waals surface area (Å²) in [4.78, 5) is 13.6. The van der Waals surface area contributed by atoms with Gasteiger partial charge in [0.15, 0.2) is 0 Å². The van der Waals surface area contributed by atoms with Gasteiger partial charge in [-0.15, -0.1) is 11.8 Å². The smallest absolute Gasteiger partial charge is 0.240 e. The van der Waals surface area contributed by atoms with E-state index in [4.69, 9.17) is 4.52 Å². The van der Waals surface area contributed by atoms with Crippen LogP contribution in [0.15, 0.2) is 28.8 Å². The van der Waals surface area contributed by atoms with E-state index in [1.807, 2.05) is 6.92 Å². The zero-order chi connectivity index (χ0) is 15.7. The Balaban J connectivity index is 1.69. The van der Waals surface area contributed by atoms with Crippen LogP contribution in [0.25, 0.3) is 0 Å². The molecule has 1 unspecified atom stereocenters. The summed E-state index contributed by atoms with van der Waals surface area (Å²) in [5, 5.41) is 3.45. The Morgan fingerprint density at radius 1 is 1.41 bits per heavy atom. The maximum absolute atomic E-state index is 13.8. The predicted molar refractivity (Wildman–Crippen MR) is 79.7 cm³/mol. The highest BCUT2D eigenvalue weighted by Gasteiger charge is 2.35. The van der Waals surface area contributed by atoms with Gasteiger partial charge in [0.1, 0.15) is 23.1 Å². The van der Waals surface area contributed by atoms with E-state index in [0.29, 0.717) is 24.5 Å². The number of benzene rings is 1. The molecule has 1 aromatic carbocycles. The van der Waals surface area contributed by atoms with Crippen molar-refractivity contribution in [2.75, 3.05) is 11.4 Å². The maximum atomic E-state index is 13.8. The molecule has 4 nitrogen and oxygen atoms in total. The van der Waals surface area contributed by atoms with Crippen LogP contribution in [-0.4, -0.2) is 22.9 Å². The van der Waals surface area contributed by atoms with E-state index in [0.717, 1.165) is 17.8 Å². The van der Waals surface area contributed by atoms with Crippen molar-refractivity contribution in [3.05, 3.63) is 47.4 Å². The highest BCUT2D eigenvalue weighted by atomic mass is 32.2. The standard InChI is InChI=1S/C15H14F2N2O2S/c1-9-7-10(21-18-9)8-22-13-5-6-19(15(13)20)14-11(16)3-2-4-12(14)17/h2-4,7,13H,5-6,8H2,1H3. The molecule has 2 heterocycles. The monoisotopic (exact) mass is 324 g/mol. The molecule has 1 aliphatic rings. The minimum absolute atomic E-state index is 0.258. The Kier molecular flexibility index (Phi) is 4.15. The molecule has 0 bridgehead atoms. The summed E-state index contributed by atoms with van der Waals surface area (Å²) in [5.74, 6) is -0.518. The third-order valence-electron chi connectivity index (χ3n) is 3.47. The van der Waals surface area contributed by atoms with Gasteiger partial charge < -0.3 is 9.42 Å². The van der Waals surface area contributed by atoms with Crippen LogP contribution >= 0.6 is 11.8 Å². The minimum Gasteiger partial charge on any atom is -0.360 e. The lowest BCUT2D eigenvalue weighted by Crippen LogP contribution is -2.29. The lowest BCUT2D eigenvalue weighted by atomic mass is 10.2. The van der Waals surface area contributed by atoms with Crippen LogP contribution < -0.4 is 4.90 Å². The van der Waals surface area contributed by atoms with Gasteiger partial charge in [-0.05, 0) is 25.5 Å². The molecular formula is C15H14F2N2O2S. The SMILES string of the molecule is Cc1cc(CSC2CCN(c3c(F)cccc3F)C2=O)on1. The van der Waals surface area contributed by atoms with Crippen LogP contribution in [0.3, 0.4) is 0 Å². The van der Waals surface area contributed by atoms with E-state index >= 15 is 0 Å². The minimum atomic E-state index is -0.718. The number of aryl methyl sites for hydroxylation is 1. The van der Waals surface area contributed by atoms with E-state index in [-0.39, 0.29) is 16.8 Å². The van der Waals surface area contributed by atoms with Crippen LogP contribution in [-0.2, 0) is 10.5 Å². The highest BCUT2D eigenvalue weighted by Crippen LogP contribution is 2.33. The number of amides is 1. The summed E-state index contributed by atoms with van der Waals surface area (Å²) in [7, 11) is 0. The molecule has 0 radical (unpaired) electrons. The van der Waals surface area contributed by atoms with Gasteiger partial charge in [-0.25, -0.2) is 8.78 Å². The number of aromatic nitrogens is 1. The van der Waals surface area contributed by atoms with Crippen LogP contribution in [0.1, 0.15) is 17.9 Å². The van der Waals surface area contributed by atoms with Crippen LogP contribution in [0.4, 0.5) is 14.5 Å². The van der Waals surface area contributed by atoms with Crippen molar-refractivity contribution in [3.8, 4) is 0 Å². The molecule has 0 saturated carbocycles. The maximum Gasteiger partial charge on any atom is 0.240 e. The van der Waals surface area contributed by atoms with E-state index < -0.39 is 11.6 Å². The number of hydrogen-bond acceptors (Lipinski definition) is 4. The Morgan fingerprint density at radius 2 is 2.14 bits per heavy atom. The Hall–Kier alpha value is -1.89. The Morgan fingerprint density at radius 3 is 2.77 bits per heavy atom. The summed E-state index contributed by atoms with van der Waals surface area (Å²) in [6.07, 6.45) is 0.546. The average Bonchev–Trinajstić information content (AvgIpc) is 3.04. The molecule has 1 aliphatic heterocycles. The number of carbonyl (C=O) groups is 1. The molecular weight excluding hydrogens is 310 g/mol. The third kappa shape index (κ3) is 2.85. The first-order valence-electron chi connectivity index (χ1n) is 6.85. The molecule has 1 amide bonds. The summed E-state index contributed by atoms with van der Waals surface area (Å²) in [5.41, 5.74) is 0.523. The molecule has 1 saturated heterocycles. The number of thioether (sulfide) groups is 1. The molecule has 0 spiro atoms. The Labute approximate surface area is 130 Å². The van der Waals surface area contributed by atoms with Crippen molar-refractivity contribution in [1.29, 1.82) is 0 Å². The second-order valence-corrected chi connectivity index (χ2v) is 6.27.